The number of ether oxygens (including phenoxy) is 1. The van der Waals surface area contributed by atoms with Gasteiger partial charge in [0.2, 0.25) is 0 Å². The Balaban J connectivity index is 1.84. The minimum absolute atomic E-state index is 0.390. The van der Waals surface area contributed by atoms with E-state index in [1.165, 1.54) is 0 Å². The lowest BCUT2D eigenvalue weighted by molar-refractivity contribution is 0.0899. The zero-order valence-electron chi connectivity index (χ0n) is 14.2. The number of fused-ring (bicyclic) bond motifs is 1. The van der Waals surface area contributed by atoms with Crippen LogP contribution in [0.25, 0.3) is 22.2 Å². The van der Waals surface area contributed by atoms with Gasteiger partial charge in [-0.2, -0.15) is 10.4 Å². The second-order valence-electron chi connectivity index (χ2n) is 6.99. The van der Waals surface area contributed by atoms with Crippen LogP contribution in [0.1, 0.15) is 5.69 Å². The van der Waals surface area contributed by atoms with Gasteiger partial charge in [0.05, 0.1) is 0 Å². The van der Waals surface area contributed by atoms with E-state index in [4.69, 9.17) is 4.74 Å². The molecule has 3 aromatic rings. The van der Waals surface area contributed by atoms with Gasteiger partial charge >= 0.3 is 0 Å². The van der Waals surface area contributed by atoms with Crippen LogP contribution in [-0.4, -0.2) is 34.4 Å². The summed E-state index contributed by atoms with van der Waals surface area (Å²) in [7, 11) is -1.08. The Morgan fingerprint density at radius 1 is 1.29 bits per heavy atom. The molecule has 7 heteroatoms. The number of nitrogens with zero attached hydrogens (tertiary/aromatic N) is 4. The maximum Gasteiger partial charge on any atom is 0.170 e. The third-order valence-electron chi connectivity index (χ3n) is 3.93. The molecule has 124 valence electrons. The van der Waals surface area contributed by atoms with E-state index >= 15 is 0 Å². The molecule has 0 spiro atoms. The SMILES string of the molecule is C[Si](C)(C)CCOCn1ccc2c(-c3c[nH]nc3C#N)ccnc21. The first-order valence-electron chi connectivity index (χ1n) is 7.95. The lowest BCUT2D eigenvalue weighted by Gasteiger charge is -2.15. The van der Waals surface area contributed by atoms with Gasteiger partial charge in [-0.05, 0) is 23.7 Å². The zero-order chi connectivity index (χ0) is 17.2. The Labute approximate surface area is 142 Å². The summed E-state index contributed by atoms with van der Waals surface area (Å²) in [4.78, 5) is 4.47. The minimum atomic E-state index is -1.08. The molecule has 0 atom stereocenters. The molecule has 3 rings (SSSR count). The Hall–Kier alpha value is -2.43. The van der Waals surface area contributed by atoms with Crippen LogP contribution in [-0.2, 0) is 11.5 Å². The number of rotatable bonds is 6. The molecule has 0 aromatic carbocycles. The summed E-state index contributed by atoms with van der Waals surface area (Å²) < 4.78 is 7.82. The predicted molar refractivity (Wildman–Crippen MR) is 96.1 cm³/mol. The first-order chi connectivity index (χ1) is 11.5. The lowest BCUT2D eigenvalue weighted by Crippen LogP contribution is -2.22. The van der Waals surface area contributed by atoms with Gasteiger partial charge in [0.1, 0.15) is 18.4 Å². The van der Waals surface area contributed by atoms with E-state index < -0.39 is 8.07 Å². The van der Waals surface area contributed by atoms with Crippen molar-refractivity contribution in [3.05, 3.63) is 36.4 Å². The van der Waals surface area contributed by atoms with Gasteiger partial charge in [0, 0.05) is 44.2 Å². The molecule has 0 aliphatic heterocycles. The van der Waals surface area contributed by atoms with Crippen molar-refractivity contribution in [3.63, 3.8) is 0 Å². The van der Waals surface area contributed by atoms with Crippen molar-refractivity contribution in [2.24, 2.45) is 0 Å². The van der Waals surface area contributed by atoms with Crippen LogP contribution in [0.15, 0.2) is 30.7 Å². The normalized spacial score (nSPS) is 11.8. The Morgan fingerprint density at radius 3 is 2.88 bits per heavy atom. The van der Waals surface area contributed by atoms with Crippen molar-refractivity contribution in [2.75, 3.05) is 6.61 Å². The molecule has 0 amide bonds. The van der Waals surface area contributed by atoms with E-state index in [0.29, 0.717) is 12.4 Å². The summed E-state index contributed by atoms with van der Waals surface area (Å²) >= 11 is 0. The molecule has 24 heavy (non-hydrogen) atoms. The minimum Gasteiger partial charge on any atom is -0.361 e. The van der Waals surface area contributed by atoms with Gasteiger partial charge in [0.15, 0.2) is 5.69 Å². The van der Waals surface area contributed by atoms with Gasteiger partial charge in [-0.15, -0.1) is 0 Å². The Bertz CT molecular complexity index is 884. The van der Waals surface area contributed by atoms with Crippen LogP contribution in [0.2, 0.25) is 25.7 Å². The first-order valence-corrected chi connectivity index (χ1v) is 11.7. The molecule has 3 aromatic heterocycles. The summed E-state index contributed by atoms with van der Waals surface area (Å²) in [6.45, 7) is 8.28. The number of hydrogen-bond acceptors (Lipinski definition) is 4. The quantitative estimate of drug-likeness (QED) is 0.549. The van der Waals surface area contributed by atoms with Gasteiger partial charge in [0.25, 0.3) is 0 Å². The lowest BCUT2D eigenvalue weighted by atomic mass is 10.1. The maximum absolute atomic E-state index is 9.18. The van der Waals surface area contributed by atoms with Crippen LogP contribution in [0.5, 0.6) is 0 Å². The Kier molecular flexibility index (Phi) is 4.51. The summed E-state index contributed by atoms with van der Waals surface area (Å²) in [5.74, 6) is 0. The molecule has 0 saturated heterocycles. The van der Waals surface area contributed by atoms with E-state index in [2.05, 4.69) is 40.9 Å². The molecule has 0 fully saturated rings. The Morgan fingerprint density at radius 2 is 2.12 bits per heavy atom. The summed E-state index contributed by atoms with van der Waals surface area (Å²) in [6, 6.07) is 7.17. The van der Waals surface area contributed by atoms with Crippen molar-refractivity contribution in [1.29, 1.82) is 5.26 Å². The van der Waals surface area contributed by atoms with Crippen molar-refractivity contribution >= 4 is 19.1 Å². The highest BCUT2D eigenvalue weighted by molar-refractivity contribution is 6.76. The highest BCUT2D eigenvalue weighted by Gasteiger charge is 2.14. The monoisotopic (exact) mass is 339 g/mol. The molecule has 6 nitrogen and oxygen atoms in total. The van der Waals surface area contributed by atoms with E-state index in [9.17, 15) is 5.26 Å². The molecule has 0 radical (unpaired) electrons. The fraction of sp³-hybridized carbons (Fsp3) is 0.353. The van der Waals surface area contributed by atoms with Crippen LogP contribution in [0.3, 0.4) is 0 Å². The molecule has 0 bridgehead atoms. The van der Waals surface area contributed by atoms with Gasteiger partial charge in [-0.3, -0.25) is 5.10 Å². The highest BCUT2D eigenvalue weighted by Crippen LogP contribution is 2.29. The number of hydrogen-bond donors (Lipinski definition) is 1. The molecular formula is C17H21N5OSi. The van der Waals surface area contributed by atoms with Gasteiger partial charge in [-0.1, -0.05) is 19.6 Å². The molecule has 0 aliphatic carbocycles. The number of H-pyrrole nitrogens is 1. The van der Waals surface area contributed by atoms with E-state index in [-0.39, 0.29) is 0 Å². The van der Waals surface area contributed by atoms with Crippen LogP contribution < -0.4 is 0 Å². The predicted octanol–water partition coefficient (Wildman–Crippen LogP) is 3.61. The molecular weight excluding hydrogens is 318 g/mol. The maximum atomic E-state index is 9.18. The number of nitriles is 1. The van der Waals surface area contributed by atoms with Gasteiger partial charge < -0.3 is 9.30 Å². The van der Waals surface area contributed by atoms with Crippen LogP contribution in [0.4, 0.5) is 0 Å². The van der Waals surface area contributed by atoms with E-state index in [1.54, 1.807) is 12.4 Å². The largest absolute Gasteiger partial charge is 0.361 e. The van der Waals surface area contributed by atoms with Crippen molar-refractivity contribution < 1.29 is 4.74 Å². The van der Waals surface area contributed by atoms with Crippen molar-refractivity contribution in [3.8, 4) is 17.2 Å². The average Bonchev–Trinajstić information content (AvgIpc) is 3.17. The average molecular weight is 339 g/mol. The summed E-state index contributed by atoms with van der Waals surface area (Å²) in [5.41, 5.74) is 2.99. The molecule has 3 heterocycles. The van der Waals surface area contributed by atoms with Gasteiger partial charge in [-0.25, -0.2) is 4.98 Å². The third kappa shape index (κ3) is 3.40. The summed E-state index contributed by atoms with van der Waals surface area (Å²) in [6.07, 6.45) is 5.47. The fourth-order valence-corrected chi connectivity index (χ4v) is 3.31. The van der Waals surface area contributed by atoms with Crippen LogP contribution in [0, 0.1) is 11.3 Å². The zero-order valence-corrected chi connectivity index (χ0v) is 15.2. The number of aromatic nitrogens is 4. The second-order valence-corrected chi connectivity index (χ2v) is 12.6. The number of pyridine rings is 1. The van der Waals surface area contributed by atoms with Crippen LogP contribution >= 0.6 is 0 Å². The highest BCUT2D eigenvalue weighted by atomic mass is 28.3. The van der Waals surface area contributed by atoms with E-state index in [0.717, 1.165) is 34.8 Å². The fourth-order valence-electron chi connectivity index (χ4n) is 2.55. The number of nitrogens with one attached hydrogen (secondary N) is 1. The molecule has 0 aliphatic rings. The smallest absolute Gasteiger partial charge is 0.170 e. The molecule has 0 unspecified atom stereocenters. The second kappa shape index (κ2) is 6.59. The van der Waals surface area contributed by atoms with E-state index in [1.807, 2.05) is 22.9 Å². The molecule has 0 saturated carbocycles. The third-order valence-corrected chi connectivity index (χ3v) is 5.63. The standard InChI is InChI=1S/C17H21N5OSi/c1-24(2,3)9-8-23-12-22-7-5-14-13(4-6-19-17(14)22)15-11-20-21-16(15)10-18/h4-7,11H,8-9,12H2,1-3H3,(H,20,21). The topological polar surface area (TPSA) is 79.5 Å². The van der Waals surface area contributed by atoms with Crippen molar-refractivity contribution in [1.82, 2.24) is 19.7 Å². The molecule has 1 N–H and O–H groups in total. The first kappa shape index (κ1) is 16.4. The number of aromatic amines is 1. The van der Waals surface area contributed by atoms with Crippen molar-refractivity contribution in [2.45, 2.75) is 32.4 Å². The summed E-state index contributed by atoms with van der Waals surface area (Å²) in [5, 5.41) is 16.9.